The summed E-state index contributed by atoms with van der Waals surface area (Å²) in [6.45, 7) is 4.94. The van der Waals surface area contributed by atoms with Crippen LogP contribution in [0.15, 0.2) is 53.6 Å². The van der Waals surface area contributed by atoms with Gasteiger partial charge in [-0.2, -0.15) is 0 Å². The largest absolute Gasteiger partial charge is 0.495 e. The lowest BCUT2D eigenvalue weighted by Crippen LogP contribution is -2.32. The Morgan fingerprint density at radius 2 is 1.80 bits per heavy atom. The Morgan fingerprint density at radius 1 is 1.10 bits per heavy atom. The number of hydrogen-bond acceptors (Lipinski definition) is 7. The van der Waals surface area contributed by atoms with E-state index >= 15 is 0 Å². The highest BCUT2D eigenvalue weighted by molar-refractivity contribution is 6.31. The molecule has 0 aliphatic rings. The van der Waals surface area contributed by atoms with E-state index in [4.69, 9.17) is 31.5 Å². The van der Waals surface area contributed by atoms with Crippen LogP contribution in [0.2, 0.25) is 5.02 Å². The van der Waals surface area contributed by atoms with E-state index < -0.39 is 36.1 Å². The molecule has 3 rings (SSSR count). The van der Waals surface area contributed by atoms with Gasteiger partial charge in [-0.25, -0.2) is 8.78 Å². The highest BCUT2D eigenvalue weighted by Crippen LogP contribution is 2.38. The molecule has 3 aromatic rings. The van der Waals surface area contributed by atoms with Crippen molar-refractivity contribution in [3.63, 3.8) is 0 Å². The van der Waals surface area contributed by atoms with Crippen molar-refractivity contribution in [2.75, 3.05) is 20.3 Å². The third-order valence-corrected chi connectivity index (χ3v) is 6.19. The first kappa shape index (κ1) is 31.7. The number of alkyl halides is 2. The number of nitrogens with two attached hydrogens (primary N) is 1. The summed E-state index contributed by atoms with van der Waals surface area (Å²) in [6.07, 6.45) is 0.155. The lowest BCUT2D eigenvalue weighted by atomic mass is 10.0. The molecule has 1 unspecified atom stereocenters. The zero-order valence-corrected chi connectivity index (χ0v) is 23.9. The van der Waals surface area contributed by atoms with Crippen molar-refractivity contribution < 1.29 is 32.6 Å². The molecule has 0 radical (unpaired) electrons. The van der Waals surface area contributed by atoms with Crippen molar-refractivity contribution in [3.8, 4) is 22.6 Å². The summed E-state index contributed by atoms with van der Waals surface area (Å²) in [7, 11) is 1.38. The summed E-state index contributed by atoms with van der Waals surface area (Å²) in [5.74, 6) is -0.725. The van der Waals surface area contributed by atoms with E-state index in [-0.39, 0.29) is 53.6 Å². The van der Waals surface area contributed by atoms with Crippen molar-refractivity contribution in [2.24, 2.45) is 5.73 Å². The Balaban J connectivity index is 2.03. The van der Waals surface area contributed by atoms with Gasteiger partial charge in [-0.1, -0.05) is 17.7 Å². The number of primary amides is 1. The minimum absolute atomic E-state index is 0.0609. The van der Waals surface area contributed by atoms with Crippen LogP contribution in [0, 0.1) is 0 Å². The molecular formula is C29H32ClF2N3O6. The van der Waals surface area contributed by atoms with Crippen LogP contribution in [-0.2, 0) is 16.0 Å². The van der Waals surface area contributed by atoms with Crippen LogP contribution < -0.4 is 20.8 Å². The van der Waals surface area contributed by atoms with E-state index in [0.29, 0.717) is 10.6 Å². The average molecular weight is 592 g/mol. The van der Waals surface area contributed by atoms with Gasteiger partial charge in [0.05, 0.1) is 24.9 Å². The predicted octanol–water partition coefficient (Wildman–Crippen LogP) is 4.87. The molecule has 0 fully saturated rings. The van der Waals surface area contributed by atoms with Gasteiger partial charge in [-0.15, -0.1) is 0 Å². The maximum absolute atomic E-state index is 13.6. The van der Waals surface area contributed by atoms with Crippen LogP contribution in [0.3, 0.4) is 0 Å². The standard InChI is InChI=1S/C29H32ClF2N3O6/c1-29(2,3)41-10-9-22(23(36)11-17-5-7-21(28(33)38)34-14-17)35-15-25(39-4)20(13-27(35)37)19-12-18(30)6-8-24(19)40-16-26(31)32/h5-8,12-15,22,26H,9-11,16H2,1-4H3,(H2,33,38). The minimum Gasteiger partial charge on any atom is -0.495 e. The zero-order valence-electron chi connectivity index (χ0n) is 23.2. The number of Topliss-reactive ketones (excluding diaryl/α,β-unsaturated/α-hetero) is 1. The van der Waals surface area contributed by atoms with Crippen LogP contribution in [-0.4, -0.2) is 53.6 Å². The fourth-order valence-electron chi connectivity index (χ4n) is 4.06. The van der Waals surface area contributed by atoms with E-state index in [9.17, 15) is 23.2 Å². The van der Waals surface area contributed by atoms with Gasteiger partial charge in [0.2, 0.25) is 0 Å². The molecule has 9 nitrogen and oxygen atoms in total. The molecule has 0 saturated heterocycles. The number of amides is 1. The predicted molar refractivity (Wildman–Crippen MR) is 150 cm³/mol. The molecule has 2 N–H and O–H groups in total. The van der Waals surface area contributed by atoms with Gasteiger partial charge in [-0.05, 0) is 57.0 Å². The smallest absolute Gasteiger partial charge is 0.272 e. The van der Waals surface area contributed by atoms with E-state index in [1.165, 1.54) is 54.4 Å². The van der Waals surface area contributed by atoms with Gasteiger partial charge in [0.15, 0.2) is 5.78 Å². The first-order valence-corrected chi connectivity index (χ1v) is 13.1. The maximum Gasteiger partial charge on any atom is 0.272 e. The third-order valence-electron chi connectivity index (χ3n) is 5.95. The van der Waals surface area contributed by atoms with E-state index in [0.717, 1.165) is 0 Å². The van der Waals surface area contributed by atoms with Crippen LogP contribution in [0.25, 0.3) is 11.1 Å². The van der Waals surface area contributed by atoms with Gasteiger partial charge < -0.3 is 24.5 Å². The molecule has 0 saturated carbocycles. The molecular weight excluding hydrogens is 560 g/mol. The second-order valence-electron chi connectivity index (χ2n) is 10.2. The highest BCUT2D eigenvalue weighted by Gasteiger charge is 2.25. The second kappa shape index (κ2) is 13.7. The topological polar surface area (TPSA) is 123 Å². The van der Waals surface area contributed by atoms with Crippen molar-refractivity contribution in [1.82, 2.24) is 9.55 Å². The second-order valence-corrected chi connectivity index (χ2v) is 10.6. The number of halogens is 3. The van der Waals surface area contributed by atoms with Gasteiger partial charge in [0.25, 0.3) is 17.9 Å². The van der Waals surface area contributed by atoms with Crippen LogP contribution in [0.1, 0.15) is 49.3 Å². The highest BCUT2D eigenvalue weighted by atomic mass is 35.5. The van der Waals surface area contributed by atoms with Crippen LogP contribution in [0.4, 0.5) is 8.78 Å². The molecule has 220 valence electrons. The number of hydrogen-bond donors (Lipinski definition) is 1. The maximum atomic E-state index is 13.6. The molecule has 1 amide bonds. The van der Waals surface area contributed by atoms with Gasteiger partial charge in [0, 0.05) is 41.4 Å². The number of methoxy groups -OCH3 is 1. The number of ether oxygens (including phenoxy) is 3. The van der Waals surface area contributed by atoms with Crippen LogP contribution >= 0.6 is 11.6 Å². The monoisotopic (exact) mass is 591 g/mol. The van der Waals surface area contributed by atoms with Crippen LogP contribution in [0.5, 0.6) is 11.5 Å². The first-order valence-electron chi connectivity index (χ1n) is 12.7. The minimum atomic E-state index is -2.71. The quantitative estimate of drug-likeness (QED) is 0.301. The summed E-state index contributed by atoms with van der Waals surface area (Å²) in [5.41, 5.74) is 5.34. The first-order chi connectivity index (χ1) is 19.3. The third kappa shape index (κ3) is 8.83. The molecule has 2 heterocycles. The van der Waals surface area contributed by atoms with Crippen molar-refractivity contribution in [1.29, 1.82) is 0 Å². The summed E-state index contributed by atoms with van der Waals surface area (Å²) in [4.78, 5) is 42.4. The summed E-state index contributed by atoms with van der Waals surface area (Å²) in [5, 5.41) is 0.291. The fraction of sp³-hybridized carbons (Fsp3) is 0.379. The van der Waals surface area contributed by atoms with Gasteiger partial charge >= 0.3 is 0 Å². The number of carbonyl (C=O) groups excluding carboxylic acids is 2. The number of aromatic nitrogens is 2. The Labute approximate surface area is 241 Å². The molecule has 1 aromatic carbocycles. The number of carbonyl (C=O) groups is 2. The number of benzene rings is 1. The SMILES string of the molecule is COc1cn(C(CCOC(C)(C)C)C(=O)Cc2ccc(C(N)=O)nc2)c(=O)cc1-c1cc(Cl)ccc1OCC(F)F. The Morgan fingerprint density at radius 3 is 2.39 bits per heavy atom. The zero-order chi connectivity index (χ0) is 30.3. The average Bonchev–Trinajstić information content (AvgIpc) is 2.90. The number of rotatable bonds is 13. The number of pyridine rings is 2. The van der Waals surface area contributed by atoms with Crippen molar-refractivity contribution in [2.45, 2.75) is 51.7 Å². The van der Waals surface area contributed by atoms with Gasteiger partial charge in [-0.3, -0.25) is 19.4 Å². The molecule has 0 aliphatic carbocycles. The van der Waals surface area contributed by atoms with E-state index in [1.54, 1.807) is 6.07 Å². The number of nitrogens with zero attached hydrogens (tertiary/aromatic N) is 2. The summed E-state index contributed by atoms with van der Waals surface area (Å²) < 4.78 is 43.6. The van der Waals surface area contributed by atoms with Gasteiger partial charge in [0.1, 0.15) is 23.8 Å². The van der Waals surface area contributed by atoms with Crippen molar-refractivity contribution >= 4 is 23.3 Å². The Hall–Kier alpha value is -3.83. The lowest BCUT2D eigenvalue weighted by molar-refractivity contribution is -0.122. The molecule has 0 spiro atoms. The number of ketones is 1. The Bertz CT molecular complexity index is 1440. The normalized spacial score (nSPS) is 12.3. The molecule has 0 bridgehead atoms. The molecule has 41 heavy (non-hydrogen) atoms. The molecule has 12 heteroatoms. The summed E-state index contributed by atoms with van der Waals surface area (Å²) in [6, 6.07) is 7.68. The molecule has 1 atom stereocenters. The fourth-order valence-corrected chi connectivity index (χ4v) is 4.23. The lowest BCUT2D eigenvalue weighted by Gasteiger charge is -2.24. The van der Waals surface area contributed by atoms with Crippen molar-refractivity contribution in [3.05, 3.63) is 75.4 Å². The molecule has 0 aliphatic heterocycles. The summed E-state index contributed by atoms with van der Waals surface area (Å²) >= 11 is 6.17. The van der Waals surface area contributed by atoms with E-state index in [2.05, 4.69) is 4.98 Å². The molecule has 2 aromatic heterocycles. The van der Waals surface area contributed by atoms with E-state index in [1.807, 2.05) is 20.8 Å². The Kier molecular flexibility index (Phi) is 10.6.